The van der Waals surface area contributed by atoms with Crippen molar-refractivity contribution in [3.05, 3.63) is 70.1 Å². The van der Waals surface area contributed by atoms with Crippen LogP contribution in [-0.4, -0.2) is 41.0 Å². The van der Waals surface area contributed by atoms with Gasteiger partial charge in [-0.05, 0) is 45.0 Å². The molecule has 0 radical (unpaired) electrons. The van der Waals surface area contributed by atoms with Gasteiger partial charge in [0.15, 0.2) is 5.13 Å². The average molecular weight is 483 g/mol. The van der Waals surface area contributed by atoms with Crippen molar-refractivity contribution in [3.8, 4) is 5.75 Å². The van der Waals surface area contributed by atoms with E-state index < -0.39 is 23.7 Å². The van der Waals surface area contributed by atoms with Crippen LogP contribution < -0.4 is 9.64 Å². The molecular weight excluding hydrogens is 460 g/mol. The molecule has 1 N–H and O–H groups in total. The van der Waals surface area contributed by atoms with E-state index in [4.69, 9.17) is 13.9 Å². The number of Topliss-reactive ketones (excluding diaryl/α,β-unsaturated/α-hetero) is 1. The standard InChI is InChI=1S/C24H22N2O7S/c1-4-31-15-9-6-8-14(12-15)19(27)17-18(16-10-7-11-33-16)26(22(29)20(17)28)24-25-13(3)21(34-24)23(30)32-5-2/h6-12,18,27H,4-5H2,1-3H3/b19-17+. The summed E-state index contributed by atoms with van der Waals surface area (Å²) in [5.41, 5.74) is 0.519. The van der Waals surface area contributed by atoms with Crippen molar-refractivity contribution in [1.82, 2.24) is 4.98 Å². The van der Waals surface area contributed by atoms with Gasteiger partial charge in [-0.1, -0.05) is 23.5 Å². The third-order valence-corrected chi connectivity index (χ3v) is 6.26. The van der Waals surface area contributed by atoms with Crippen molar-refractivity contribution in [3.63, 3.8) is 0 Å². The van der Waals surface area contributed by atoms with Crippen LogP contribution in [0.15, 0.2) is 52.7 Å². The number of carbonyl (C=O) groups is 3. The molecule has 2 aromatic heterocycles. The van der Waals surface area contributed by atoms with Gasteiger partial charge in [0.05, 0.1) is 30.7 Å². The summed E-state index contributed by atoms with van der Waals surface area (Å²) < 4.78 is 16.1. The van der Waals surface area contributed by atoms with Gasteiger partial charge in [0.1, 0.15) is 28.2 Å². The first-order valence-electron chi connectivity index (χ1n) is 10.6. The highest BCUT2D eigenvalue weighted by atomic mass is 32.1. The first-order valence-corrected chi connectivity index (χ1v) is 11.4. The van der Waals surface area contributed by atoms with Crippen LogP contribution in [0.2, 0.25) is 0 Å². The molecule has 1 saturated heterocycles. The molecule has 176 valence electrons. The molecule has 9 nitrogen and oxygen atoms in total. The van der Waals surface area contributed by atoms with Crippen molar-refractivity contribution in [2.24, 2.45) is 0 Å². The minimum Gasteiger partial charge on any atom is -0.507 e. The zero-order chi connectivity index (χ0) is 24.4. The van der Waals surface area contributed by atoms with Crippen LogP contribution in [-0.2, 0) is 14.3 Å². The number of aromatic nitrogens is 1. The summed E-state index contributed by atoms with van der Waals surface area (Å²) in [5, 5.41) is 11.3. The molecule has 1 unspecified atom stereocenters. The van der Waals surface area contributed by atoms with Gasteiger partial charge < -0.3 is 19.0 Å². The van der Waals surface area contributed by atoms with Crippen LogP contribution >= 0.6 is 11.3 Å². The molecule has 34 heavy (non-hydrogen) atoms. The predicted octanol–water partition coefficient (Wildman–Crippen LogP) is 4.25. The number of rotatable bonds is 7. The fourth-order valence-electron chi connectivity index (χ4n) is 3.67. The molecule has 1 fully saturated rings. The van der Waals surface area contributed by atoms with E-state index in [2.05, 4.69) is 4.98 Å². The third kappa shape index (κ3) is 4.08. The topological polar surface area (TPSA) is 119 Å². The molecule has 0 bridgehead atoms. The second-order valence-corrected chi connectivity index (χ2v) is 8.25. The molecule has 0 aliphatic carbocycles. The third-order valence-electron chi connectivity index (χ3n) is 5.13. The summed E-state index contributed by atoms with van der Waals surface area (Å²) in [6.07, 6.45) is 1.41. The number of esters is 1. The van der Waals surface area contributed by atoms with E-state index >= 15 is 0 Å². The lowest BCUT2D eigenvalue weighted by molar-refractivity contribution is -0.132. The van der Waals surface area contributed by atoms with Crippen molar-refractivity contribution in [2.75, 3.05) is 18.1 Å². The molecule has 1 aliphatic rings. The number of aliphatic hydroxyl groups excluding tert-OH is 1. The molecule has 1 amide bonds. The Morgan fingerprint density at radius 1 is 1.21 bits per heavy atom. The molecule has 0 spiro atoms. The minimum absolute atomic E-state index is 0.117. The van der Waals surface area contributed by atoms with Crippen LogP contribution in [0.3, 0.4) is 0 Å². The van der Waals surface area contributed by atoms with Gasteiger partial charge in [0.2, 0.25) is 0 Å². The maximum atomic E-state index is 13.2. The lowest BCUT2D eigenvalue weighted by atomic mass is 9.99. The van der Waals surface area contributed by atoms with Gasteiger partial charge in [0.25, 0.3) is 5.78 Å². The predicted molar refractivity (Wildman–Crippen MR) is 124 cm³/mol. The van der Waals surface area contributed by atoms with E-state index in [0.29, 0.717) is 23.6 Å². The Labute approximate surface area is 199 Å². The zero-order valence-electron chi connectivity index (χ0n) is 18.7. The van der Waals surface area contributed by atoms with Crippen LogP contribution in [0.1, 0.15) is 46.6 Å². The number of hydrogen-bond acceptors (Lipinski definition) is 9. The molecule has 4 rings (SSSR count). The Kier molecular flexibility index (Phi) is 6.51. The summed E-state index contributed by atoms with van der Waals surface area (Å²) in [7, 11) is 0. The summed E-state index contributed by atoms with van der Waals surface area (Å²) >= 11 is 0.932. The molecule has 1 aliphatic heterocycles. The number of anilines is 1. The normalized spacial score (nSPS) is 17.3. The largest absolute Gasteiger partial charge is 0.507 e. The van der Waals surface area contributed by atoms with Crippen molar-refractivity contribution < 1.29 is 33.4 Å². The van der Waals surface area contributed by atoms with E-state index in [1.165, 1.54) is 6.26 Å². The van der Waals surface area contributed by atoms with Crippen molar-refractivity contribution in [2.45, 2.75) is 26.8 Å². The Morgan fingerprint density at radius 3 is 2.68 bits per heavy atom. The average Bonchev–Trinajstić information content (AvgIpc) is 3.53. The van der Waals surface area contributed by atoms with E-state index in [1.54, 1.807) is 50.2 Å². The SMILES string of the molecule is CCOC(=O)c1sc(N2C(=O)C(=O)/C(=C(/O)c3cccc(OCC)c3)C2c2ccco2)nc1C. The fourth-order valence-corrected chi connectivity index (χ4v) is 4.66. The van der Waals surface area contributed by atoms with Gasteiger partial charge in [-0.2, -0.15) is 0 Å². The van der Waals surface area contributed by atoms with Gasteiger partial charge in [-0.25, -0.2) is 9.78 Å². The van der Waals surface area contributed by atoms with Gasteiger partial charge >= 0.3 is 11.9 Å². The van der Waals surface area contributed by atoms with Crippen LogP contribution in [0.5, 0.6) is 5.75 Å². The van der Waals surface area contributed by atoms with E-state index in [-0.39, 0.29) is 33.7 Å². The Balaban J connectivity index is 1.86. The molecule has 3 heterocycles. The second kappa shape index (κ2) is 9.52. The first kappa shape index (κ1) is 23.2. The number of hydrogen-bond donors (Lipinski definition) is 1. The summed E-state index contributed by atoms with van der Waals surface area (Å²) in [4.78, 5) is 44.3. The molecule has 1 atom stereocenters. The van der Waals surface area contributed by atoms with Crippen LogP contribution in [0, 0.1) is 6.92 Å². The Morgan fingerprint density at radius 2 is 2.00 bits per heavy atom. The highest BCUT2D eigenvalue weighted by Crippen LogP contribution is 2.44. The number of ketones is 1. The number of nitrogens with zero attached hydrogens (tertiary/aromatic N) is 2. The number of amides is 1. The summed E-state index contributed by atoms with van der Waals surface area (Å²) in [6.45, 7) is 5.74. The lowest BCUT2D eigenvalue weighted by Crippen LogP contribution is -2.29. The number of aliphatic hydroxyl groups is 1. The monoisotopic (exact) mass is 482 g/mol. The quantitative estimate of drug-likeness (QED) is 0.230. The maximum Gasteiger partial charge on any atom is 0.350 e. The number of furan rings is 1. The molecule has 10 heteroatoms. The van der Waals surface area contributed by atoms with Crippen LogP contribution in [0.25, 0.3) is 5.76 Å². The maximum absolute atomic E-state index is 13.2. The van der Waals surface area contributed by atoms with Crippen molar-refractivity contribution in [1.29, 1.82) is 0 Å². The summed E-state index contributed by atoms with van der Waals surface area (Å²) in [5.74, 6) is -1.97. The second-order valence-electron chi connectivity index (χ2n) is 7.28. The number of ether oxygens (including phenoxy) is 2. The van der Waals surface area contributed by atoms with E-state index in [0.717, 1.165) is 16.2 Å². The number of aryl methyl sites for hydroxylation is 1. The number of benzene rings is 1. The molecular formula is C24H22N2O7S. The molecule has 3 aromatic rings. The molecule has 1 aromatic carbocycles. The molecule has 0 saturated carbocycles. The number of carbonyl (C=O) groups excluding carboxylic acids is 3. The Bertz CT molecular complexity index is 1280. The van der Waals surface area contributed by atoms with Crippen LogP contribution in [0.4, 0.5) is 5.13 Å². The van der Waals surface area contributed by atoms with Gasteiger partial charge in [0, 0.05) is 5.56 Å². The van der Waals surface area contributed by atoms with E-state index in [1.807, 2.05) is 6.92 Å². The van der Waals surface area contributed by atoms with E-state index in [9.17, 15) is 19.5 Å². The number of thiazole rings is 1. The highest BCUT2D eigenvalue weighted by Gasteiger charge is 2.49. The lowest BCUT2D eigenvalue weighted by Gasteiger charge is -2.20. The van der Waals surface area contributed by atoms with Gasteiger partial charge in [-0.15, -0.1) is 0 Å². The van der Waals surface area contributed by atoms with Crippen molar-refractivity contribution >= 4 is 39.9 Å². The minimum atomic E-state index is -1.08. The summed E-state index contributed by atoms with van der Waals surface area (Å²) in [6, 6.07) is 8.72. The Hall–Kier alpha value is -3.92. The van der Waals surface area contributed by atoms with Gasteiger partial charge in [-0.3, -0.25) is 14.5 Å². The first-order chi connectivity index (χ1) is 16.4. The highest BCUT2D eigenvalue weighted by molar-refractivity contribution is 7.17. The fraction of sp³-hybridized carbons (Fsp3) is 0.250. The smallest absolute Gasteiger partial charge is 0.350 e. The zero-order valence-corrected chi connectivity index (χ0v) is 19.5.